The smallest absolute Gasteiger partial charge is 0.376 e. The van der Waals surface area contributed by atoms with E-state index in [9.17, 15) is 23.0 Å². The molecular weight excluding hydrogens is 463 g/mol. The third-order valence-electron chi connectivity index (χ3n) is 5.56. The van der Waals surface area contributed by atoms with Gasteiger partial charge in [0.25, 0.3) is 5.91 Å². The number of phosphoric ester groups is 1. The number of hydrogen-bond acceptors (Lipinski definition) is 6. The molecule has 2 heterocycles. The molecule has 0 saturated carbocycles. The van der Waals surface area contributed by atoms with Gasteiger partial charge in [-0.15, -0.1) is 0 Å². The van der Waals surface area contributed by atoms with E-state index in [2.05, 4.69) is 0 Å². The molecule has 4 rings (SSSR count). The van der Waals surface area contributed by atoms with E-state index < -0.39 is 31.3 Å². The van der Waals surface area contributed by atoms with Crippen molar-refractivity contribution in [2.75, 3.05) is 18.5 Å². The van der Waals surface area contributed by atoms with Gasteiger partial charge in [0.05, 0.1) is 5.69 Å². The average molecular weight is 483 g/mol. The summed E-state index contributed by atoms with van der Waals surface area (Å²) in [5.74, 6) is -4.22. The van der Waals surface area contributed by atoms with Crippen molar-refractivity contribution in [2.45, 2.75) is 18.8 Å². The summed E-state index contributed by atoms with van der Waals surface area (Å²) < 4.78 is 48.9. The Morgan fingerprint density at radius 2 is 1.94 bits per heavy atom. The van der Waals surface area contributed by atoms with E-state index in [1.165, 1.54) is 11.0 Å². The SMILES string of the molecule is CN1CCC(C(=O)c2cccc(N(C(N)=S)c3ccc(F)c(F)c3)c2)CC12OP(=O)(O)O2. The van der Waals surface area contributed by atoms with E-state index in [-0.39, 0.29) is 23.0 Å². The molecule has 1 spiro atoms. The van der Waals surface area contributed by atoms with Gasteiger partial charge in [-0.2, -0.15) is 0 Å². The Balaban J connectivity index is 1.60. The van der Waals surface area contributed by atoms with E-state index in [0.717, 1.165) is 12.1 Å². The highest BCUT2D eigenvalue weighted by Crippen LogP contribution is 2.64. The second kappa shape index (κ2) is 8.26. The van der Waals surface area contributed by atoms with Crippen LogP contribution in [-0.2, 0) is 13.6 Å². The summed E-state index contributed by atoms with van der Waals surface area (Å²) in [7, 11) is -2.40. The normalized spacial score (nSPS) is 27.7. The van der Waals surface area contributed by atoms with E-state index in [0.29, 0.717) is 24.2 Å². The number of carbonyl (C=O) groups is 1. The number of hydrogen-bond donors (Lipinski definition) is 2. The number of halogens is 2. The largest absolute Gasteiger partial charge is 0.479 e. The van der Waals surface area contributed by atoms with Gasteiger partial charge in [0.2, 0.25) is 0 Å². The summed E-state index contributed by atoms with van der Waals surface area (Å²) in [5.41, 5.74) is 6.76. The number of rotatable bonds is 4. The first-order chi connectivity index (χ1) is 15.0. The van der Waals surface area contributed by atoms with E-state index >= 15 is 0 Å². The van der Waals surface area contributed by atoms with Gasteiger partial charge in [0.15, 0.2) is 22.5 Å². The molecule has 0 bridgehead atoms. The number of thiocarbonyl (C=S) groups is 1. The van der Waals surface area contributed by atoms with Crippen molar-refractivity contribution >= 4 is 42.3 Å². The van der Waals surface area contributed by atoms with Gasteiger partial charge in [0.1, 0.15) is 0 Å². The Bertz CT molecular complexity index is 1140. The average Bonchev–Trinajstić information content (AvgIpc) is 2.71. The van der Waals surface area contributed by atoms with E-state index in [1.807, 2.05) is 0 Å². The summed E-state index contributed by atoms with van der Waals surface area (Å²) in [6, 6.07) is 9.66. The molecule has 2 aliphatic heterocycles. The number of Topliss-reactive ketones (excluding diaryl/α,β-unsaturated/α-hetero) is 1. The van der Waals surface area contributed by atoms with Crippen LogP contribution in [0.3, 0.4) is 0 Å². The standard InChI is InChI=1S/C20H20F2N3O5PS/c1-24-8-7-13(11-20(24)29-31(27,28)30-20)18(26)12-3-2-4-14(9-12)25(19(23)32)15-5-6-16(21)17(22)10-15/h2-6,9-10,13H,7-8,11H2,1H3,(H2,23,32)(H,27,28). The second-order valence-electron chi connectivity index (χ2n) is 7.66. The first-order valence-corrected chi connectivity index (χ1v) is 11.6. The van der Waals surface area contributed by atoms with Crippen LogP contribution < -0.4 is 10.6 Å². The number of nitrogens with two attached hydrogens (primary N) is 1. The van der Waals surface area contributed by atoms with Crippen molar-refractivity contribution in [2.24, 2.45) is 11.7 Å². The van der Waals surface area contributed by atoms with Crippen LogP contribution >= 0.6 is 20.0 Å². The van der Waals surface area contributed by atoms with Gasteiger partial charge in [-0.05, 0) is 50.0 Å². The maximum atomic E-state index is 13.8. The van der Waals surface area contributed by atoms with Crippen molar-refractivity contribution in [3.8, 4) is 0 Å². The molecule has 32 heavy (non-hydrogen) atoms. The predicted octanol–water partition coefficient (Wildman–Crippen LogP) is 3.67. The summed E-state index contributed by atoms with van der Waals surface area (Å²) in [4.78, 5) is 25.6. The van der Waals surface area contributed by atoms with Crippen LogP contribution in [0.15, 0.2) is 42.5 Å². The molecule has 1 atom stereocenters. The molecule has 170 valence electrons. The molecule has 8 nitrogen and oxygen atoms in total. The van der Waals surface area contributed by atoms with Gasteiger partial charge in [0, 0.05) is 36.2 Å². The topological polar surface area (TPSA) is 105 Å². The molecule has 2 aliphatic rings. The highest BCUT2D eigenvalue weighted by Gasteiger charge is 2.60. The maximum Gasteiger partial charge on any atom is 0.479 e. The minimum absolute atomic E-state index is 0.0826. The molecule has 2 aromatic carbocycles. The fourth-order valence-electron chi connectivity index (χ4n) is 3.96. The van der Waals surface area contributed by atoms with Crippen molar-refractivity contribution in [3.05, 3.63) is 59.7 Å². The zero-order chi connectivity index (χ0) is 23.3. The monoisotopic (exact) mass is 483 g/mol. The summed E-state index contributed by atoms with van der Waals surface area (Å²) in [5, 5.41) is -0.117. The van der Waals surface area contributed by atoms with Crippen LogP contribution in [0.5, 0.6) is 0 Å². The van der Waals surface area contributed by atoms with Crippen molar-refractivity contribution in [3.63, 3.8) is 0 Å². The number of ketones is 1. The molecule has 2 saturated heterocycles. The molecule has 0 radical (unpaired) electrons. The molecule has 0 aliphatic carbocycles. The lowest BCUT2D eigenvalue weighted by Crippen LogP contribution is -2.60. The Labute approximate surface area is 188 Å². The predicted molar refractivity (Wildman–Crippen MR) is 116 cm³/mol. The third-order valence-corrected chi connectivity index (χ3v) is 6.77. The molecule has 2 fully saturated rings. The minimum atomic E-state index is -4.08. The van der Waals surface area contributed by atoms with E-state index in [1.54, 1.807) is 36.2 Å². The van der Waals surface area contributed by atoms with Crippen LogP contribution in [0.2, 0.25) is 0 Å². The first kappa shape index (κ1) is 22.9. The van der Waals surface area contributed by atoms with Gasteiger partial charge in [-0.25, -0.2) is 22.4 Å². The Morgan fingerprint density at radius 3 is 2.56 bits per heavy atom. The van der Waals surface area contributed by atoms with Crippen molar-refractivity contribution < 1.29 is 32.1 Å². The Hall–Kier alpha value is -2.27. The number of likely N-dealkylation sites (tertiary alicyclic amines) is 1. The number of piperidine rings is 1. The Morgan fingerprint density at radius 1 is 1.25 bits per heavy atom. The molecule has 2 aromatic rings. The quantitative estimate of drug-likeness (QED) is 0.383. The van der Waals surface area contributed by atoms with Crippen LogP contribution in [0.25, 0.3) is 0 Å². The number of benzene rings is 2. The lowest BCUT2D eigenvalue weighted by molar-refractivity contribution is -0.312. The zero-order valence-corrected chi connectivity index (χ0v) is 18.6. The highest BCUT2D eigenvalue weighted by molar-refractivity contribution is 7.80. The molecular formula is C20H20F2N3O5PS. The van der Waals surface area contributed by atoms with Crippen molar-refractivity contribution in [1.82, 2.24) is 4.90 Å². The minimum Gasteiger partial charge on any atom is -0.376 e. The van der Waals surface area contributed by atoms with Gasteiger partial charge in [-0.1, -0.05) is 12.1 Å². The lowest BCUT2D eigenvalue weighted by Gasteiger charge is -2.52. The molecule has 0 aromatic heterocycles. The third kappa shape index (κ3) is 4.19. The fraction of sp³-hybridized carbons (Fsp3) is 0.300. The molecule has 12 heteroatoms. The van der Waals surface area contributed by atoms with Crippen LogP contribution in [0, 0.1) is 17.6 Å². The number of phosphoric acid groups is 1. The number of carbonyl (C=O) groups excluding carboxylic acids is 1. The molecule has 3 N–H and O–H groups in total. The fourth-order valence-corrected chi connectivity index (χ4v) is 5.33. The second-order valence-corrected chi connectivity index (χ2v) is 9.38. The summed E-state index contributed by atoms with van der Waals surface area (Å²) in [6.07, 6.45) is 0.575. The van der Waals surface area contributed by atoms with Crippen LogP contribution in [0.1, 0.15) is 23.2 Å². The summed E-state index contributed by atoms with van der Waals surface area (Å²) in [6.45, 7) is 0.421. The number of nitrogens with zero attached hydrogens (tertiary/aromatic N) is 2. The maximum absolute atomic E-state index is 13.8. The summed E-state index contributed by atoms with van der Waals surface area (Å²) >= 11 is 5.09. The van der Waals surface area contributed by atoms with Gasteiger partial charge in [-0.3, -0.25) is 14.6 Å². The van der Waals surface area contributed by atoms with Crippen LogP contribution in [0.4, 0.5) is 20.2 Å². The zero-order valence-electron chi connectivity index (χ0n) is 16.9. The molecule has 0 amide bonds. The Kier molecular flexibility index (Phi) is 5.91. The van der Waals surface area contributed by atoms with Gasteiger partial charge >= 0.3 is 7.82 Å². The van der Waals surface area contributed by atoms with Gasteiger partial charge < -0.3 is 10.6 Å². The highest BCUT2D eigenvalue weighted by atomic mass is 32.1. The van der Waals surface area contributed by atoms with Crippen LogP contribution in [-0.4, -0.2) is 40.2 Å². The van der Waals surface area contributed by atoms with Crippen molar-refractivity contribution in [1.29, 1.82) is 0 Å². The number of anilines is 2. The van der Waals surface area contributed by atoms with E-state index in [4.69, 9.17) is 27.0 Å². The lowest BCUT2D eigenvalue weighted by atomic mass is 9.87. The first-order valence-electron chi connectivity index (χ1n) is 9.66. The molecule has 1 unspecified atom stereocenters.